The van der Waals surface area contributed by atoms with Crippen molar-refractivity contribution in [1.29, 1.82) is 0 Å². The van der Waals surface area contributed by atoms with Crippen LogP contribution in [0, 0.1) is 0 Å². The normalized spacial score (nSPS) is 24.1. The summed E-state index contributed by atoms with van der Waals surface area (Å²) in [6, 6.07) is -10.3. The van der Waals surface area contributed by atoms with Crippen LogP contribution in [0.5, 0.6) is 0 Å². The van der Waals surface area contributed by atoms with E-state index < -0.39 is 132 Å². The number of nitrogens with zero attached hydrogens (tertiary/aromatic N) is 3. The van der Waals surface area contributed by atoms with E-state index in [9.17, 15) is 58.5 Å². The van der Waals surface area contributed by atoms with Gasteiger partial charge < -0.3 is 67.7 Å². The summed E-state index contributed by atoms with van der Waals surface area (Å²) in [5.74, 6) is -6.40. The van der Waals surface area contributed by atoms with E-state index >= 15 is 0 Å². The van der Waals surface area contributed by atoms with Gasteiger partial charge in [-0.15, -0.1) is 0 Å². The number of carbonyl (C=O) groups is 9. The fourth-order valence-corrected chi connectivity index (χ4v) is 8.22. The Morgan fingerprint density at radius 2 is 1.10 bits per heavy atom. The number of aliphatic hydroxyl groups is 3. The Bertz CT molecular complexity index is 1640. The van der Waals surface area contributed by atoms with Gasteiger partial charge in [-0.2, -0.15) is 12.6 Å². The highest BCUT2D eigenvalue weighted by molar-refractivity contribution is 7.81. The molecule has 22 nitrogen and oxygen atoms in total. The lowest BCUT2D eigenvalue weighted by atomic mass is 10.0. The zero-order valence-electron chi connectivity index (χ0n) is 34.2. The molecule has 4 rings (SSSR count). The Balaban J connectivity index is 1.35. The molecular weight excluding hydrogens is 809 g/mol. The van der Waals surface area contributed by atoms with E-state index in [1.165, 1.54) is 21.6 Å². The van der Waals surface area contributed by atoms with Crippen molar-refractivity contribution in [3.05, 3.63) is 0 Å². The Morgan fingerprint density at radius 1 is 0.650 bits per heavy atom. The number of carbonyl (C=O) groups excluding carboxylic acids is 9. The molecule has 11 N–H and O–H groups in total. The van der Waals surface area contributed by atoms with E-state index in [1.807, 2.05) is 0 Å². The molecule has 60 heavy (non-hydrogen) atoms. The van der Waals surface area contributed by atoms with Crippen molar-refractivity contribution < 1.29 is 58.5 Å². The van der Waals surface area contributed by atoms with Crippen molar-refractivity contribution in [2.24, 2.45) is 5.73 Å². The van der Waals surface area contributed by atoms with E-state index in [0.29, 0.717) is 38.6 Å². The molecule has 4 fully saturated rings. The van der Waals surface area contributed by atoms with Crippen molar-refractivity contribution in [1.82, 2.24) is 46.6 Å². The Hall–Kier alpha value is -4.58. The quantitative estimate of drug-likeness (QED) is 0.0574. The summed E-state index contributed by atoms with van der Waals surface area (Å²) in [4.78, 5) is 123. The maximum atomic E-state index is 14.1. The van der Waals surface area contributed by atoms with Crippen LogP contribution in [0.25, 0.3) is 0 Å². The number of hydrogen-bond donors (Lipinski definition) is 11. The number of nitrogens with two attached hydrogens (primary N) is 1. The standard InChI is InChI=1S/C37H60N10O12S/c1-19(40-30(53)21(16-48)42-31(54)22(17-49)41-29(52)20-8-4-12-39-20)34(57)46-14-6-10-25(46)36(59)47-15-7-11-26(47)35(58)45-13-5-9-24(45)33(56)43-23(18-50)32(55)44-27(28(38)51)37(2,3)60/h19-27,39,48-50,60H,4-18H2,1-3H3,(H2,38,51)(H,40,53)(H,41,52)(H,42,54)(H,43,56)(H,44,55)/t19-,20-,21-,22-,23-,24-,25-,26-,27+/m0/s1. The molecule has 9 atom stereocenters. The topological polar surface area (TPSA) is 322 Å². The molecule has 0 saturated carbocycles. The van der Waals surface area contributed by atoms with Crippen LogP contribution in [0.1, 0.15) is 72.1 Å². The molecular formula is C37H60N10O12S. The summed E-state index contributed by atoms with van der Waals surface area (Å²) < 4.78 is -1.06. The molecule has 336 valence electrons. The van der Waals surface area contributed by atoms with Crippen LogP contribution in [-0.4, -0.2) is 188 Å². The third-order valence-electron chi connectivity index (χ3n) is 11.3. The van der Waals surface area contributed by atoms with Crippen LogP contribution < -0.4 is 37.6 Å². The van der Waals surface area contributed by atoms with Gasteiger partial charge >= 0.3 is 0 Å². The number of nitrogens with one attached hydrogen (secondary N) is 6. The highest BCUT2D eigenvalue weighted by Gasteiger charge is 2.47. The van der Waals surface area contributed by atoms with E-state index in [1.54, 1.807) is 13.8 Å². The average Bonchev–Trinajstić information content (AvgIpc) is 4.05. The molecule has 0 aromatic heterocycles. The van der Waals surface area contributed by atoms with E-state index in [0.717, 1.165) is 6.42 Å². The van der Waals surface area contributed by atoms with Gasteiger partial charge in [-0.3, -0.25) is 43.2 Å². The molecule has 0 unspecified atom stereocenters. The van der Waals surface area contributed by atoms with Crippen LogP contribution in [0.15, 0.2) is 0 Å². The molecule has 0 aromatic rings. The average molecular weight is 869 g/mol. The summed E-state index contributed by atoms with van der Waals surface area (Å²) >= 11 is 4.30. The lowest BCUT2D eigenvalue weighted by Gasteiger charge is -2.35. The van der Waals surface area contributed by atoms with Crippen molar-refractivity contribution in [2.75, 3.05) is 46.0 Å². The molecule has 0 aromatic carbocycles. The van der Waals surface area contributed by atoms with Gasteiger partial charge in [0.25, 0.3) is 0 Å². The van der Waals surface area contributed by atoms with Crippen molar-refractivity contribution in [3.8, 4) is 0 Å². The molecule has 0 bridgehead atoms. The number of thiol groups is 1. The van der Waals surface area contributed by atoms with Gasteiger partial charge in [-0.1, -0.05) is 0 Å². The molecule has 4 aliphatic rings. The second-order valence-electron chi connectivity index (χ2n) is 16.2. The first-order chi connectivity index (χ1) is 28.3. The fourth-order valence-electron chi connectivity index (χ4n) is 8.03. The first-order valence-electron chi connectivity index (χ1n) is 20.3. The maximum absolute atomic E-state index is 14.1. The Kier molecular flexibility index (Phi) is 17.1. The molecule has 0 aliphatic carbocycles. The van der Waals surface area contributed by atoms with Crippen LogP contribution >= 0.6 is 12.6 Å². The molecule has 0 radical (unpaired) electrons. The molecule has 4 aliphatic heterocycles. The minimum absolute atomic E-state index is 0.176. The molecule has 4 heterocycles. The third-order valence-corrected chi connectivity index (χ3v) is 11.6. The lowest BCUT2D eigenvalue weighted by Crippen LogP contribution is -2.61. The van der Waals surface area contributed by atoms with Crippen LogP contribution in [-0.2, 0) is 43.2 Å². The van der Waals surface area contributed by atoms with Gasteiger partial charge in [0.05, 0.1) is 25.9 Å². The zero-order chi connectivity index (χ0) is 44.5. The van der Waals surface area contributed by atoms with Crippen LogP contribution in [0.3, 0.4) is 0 Å². The molecule has 9 amide bonds. The molecule has 0 spiro atoms. The second kappa shape index (κ2) is 21.3. The number of hydrogen-bond acceptors (Lipinski definition) is 14. The Morgan fingerprint density at radius 3 is 1.60 bits per heavy atom. The first kappa shape index (κ1) is 48.1. The maximum Gasteiger partial charge on any atom is 0.246 e. The number of primary amides is 1. The SMILES string of the molecule is C[C@H](NC(=O)[C@H](CO)NC(=O)[C@H](CO)NC(=O)[C@@H]1CCCN1)C(=O)N1CCC[C@H]1C(=O)N1CCC[C@H]1C(=O)N1CCC[C@H]1C(=O)N[C@@H](CO)C(=O)N[C@H](C(N)=O)C(C)(C)S. The monoisotopic (exact) mass is 868 g/mol. The summed E-state index contributed by atoms with van der Waals surface area (Å²) in [6.07, 6.45) is 3.52. The Labute approximate surface area is 353 Å². The predicted octanol–water partition coefficient (Wildman–Crippen LogP) is -5.67. The summed E-state index contributed by atoms with van der Waals surface area (Å²) in [7, 11) is 0. The molecule has 4 saturated heterocycles. The van der Waals surface area contributed by atoms with Gasteiger partial charge in [0.2, 0.25) is 53.2 Å². The van der Waals surface area contributed by atoms with Gasteiger partial charge in [0.15, 0.2) is 0 Å². The fraction of sp³-hybridized carbons (Fsp3) is 0.757. The minimum Gasteiger partial charge on any atom is -0.394 e. The highest BCUT2D eigenvalue weighted by Crippen LogP contribution is 2.29. The summed E-state index contributed by atoms with van der Waals surface area (Å²) in [5.41, 5.74) is 5.42. The van der Waals surface area contributed by atoms with Crippen molar-refractivity contribution in [2.45, 2.75) is 131 Å². The third kappa shape index (κ3) is 11.6. The van der Waals surface area contributed by atoms with E-state index in [4.69, 9.17) is 5.73 Å². The lowest BCUT2D eigenvalue weighted by molar-refractivity contribution is -0.151. The van der Waals surface area contributed by atoms with Crippen molar-refractivity contribution in [3.63, 3.8) is 0 Å². The van der Waals surface area contributed by atoms with Gasteiger partial charge in [-0.05, 0) is 78.7 Å². The first-order valence-corrected chi connectivity index (χ1v) is 20.8. The van der Waals surface area contributed by atoms with E-state index in [2.05, 4.69) is 44.5 Å². The van der Waals surface area contributed by atoms with Crippen LogP contribution in [0.2, 0.25) is 0 Å². The highest BCUT2D eigenvalue weighted by atomic mass is 32.1. The minimum atomic E-state index is -1.54. The summed E-state index contributed by atoms with van der Waals surface area (Å²) in [5, 5.41) is 44.6. The molecule has 23 heteroatoms. The van der Waals surface area contributed by atoms with E-state index in [-0.39, 0.29) is 32.5 Å². The summed E-state index contributed by atoms with van der Waals surface area (Å²) in [6.45, 7) is 3.23. The largest absolute Gasteiger partial charge is 0.394 e. The van der Waals surface area contributed by atoms with Gasteiger partial charge in [-0.25, -0.2) is 0 Å². The predicted molar refractivity (Wildman–Crippen MR) is 214 cm³/mol. The van der Waals surface area contributed by atoms with Crippen molar-refractivity contribution >= 4 is 65.8 Å². The smallest absolute Gasteiger partial charge is 0.246 e. The van der Waals surface area contributed by atoms with Gasteiger partial charge in [0.1, 0.15) is 48.3 Å². The zero-order valence-corrected chi connectivity index (χ0v) is 35.1. The number of amides is 9. The number of likely N-dealkylation sites (tertiary alicyclic amines) is 3. The van der Waals surface area contributed by atoms with Gasteiger partial charge in [0, 0.05) is 24.4 Å². The number of rotatable bonds is 18. The van der Waals surface area contributed by atoms with Crippen LogP contribution in [0.4, 0.5) is 0 Å². The number of aliphatic hydroxyl groups excluding tert-OH is 3. The second-order valence-corrected chi connectivity index (χ2v) is 17.3.